The summed E-state index contributed by atoms with van der Waals surface area (Å²) in [6.45, 7) is 5.62. The molecule has 6 heteroatoms. The number of aryl methyl sites for hydroxylation is 2. The smallest absolute Gasteiger partial charge is 0.203 e. The summed E-state index contributed by atoms with van der Waals surface area (Å²) in [5.41, 5.74) is 0.976. The van der Waals surface area contributed by atoms with Gasteiger partial charge in [0.05, 0.1) is 11.4 Å². The molecule has 1 rings (SSSR count). The van der Waals surface area contributed by atoms with Crippen LogP contribution in [0.4, 0.5) is 5.95 Å². The van der Waals surface area contributed by atoms with Crippen LogP contribution in [0.2, 0.25) is 0 Å². The highest BCUT2D eigenvalue weighted by Crippen LogP contribution is 2.09. The molecule has 0 aliphatic carbocycles. The number of hydrogen-bond donors (Lipinski definition) is 1. The Labute approximate surface area is 103 Å². The molecule has 0 aliphatic rings. The second-order valence-electron chi connectivity index (χ2n) is 4.31. The van der Waals surface area contributed by atoms with Crippen LogP contribution in [0.15, 0.2) is 6.20 Å². The first-order valence-electron chi connectivity index (χ1n) is 5.87. The molecule has 17 heavy (non-hydrogen) atoms. The Morgan fingerprint density at radius 2 is 2.18 bits per heavy atom. The van der Waals surface area contributed by atoms with Crippen LogP contribution in [-0.4, -0.2) is 36.5 Å². The third kappa shape index (κ3) is 5.21. The Hall–Kier alpha value is -1.04. The number of hydrogen-bond acceptors (Lipinski definition) is 4. The third-order valence-electron chi connectivity index (χ3n) is 2.34. The van der Waals surface area contributed by atoms with Crippen molar-refractivity contribution < 1.29 is 8.42 Å². The fourth-order valence-corrected chi connectivity index (χ4v) is 2.30. The van der Waals surface area contributed by atoms with Crippen molar-refractivity contribution >= 4 is 15.8 Å². The minimum atomic E-state index is -2.86. The number of nitrogens with one attached hydrogen (secondary N) is 1. The van der Waals surface area contributed by atoms with Gasteiger partial charge in [0.1, 0.15) is 9.84 Å². The van der Waals surface area contributed by atoms with E-state index in [1.807, 2.05) is 13.1 Å². The highest BCUT2D eigenvalue weighted by Gasteiger charge is 2.05. The summed E-state index contributed by atoms with van der Waals surface area (Å²) < 4.78 is 24.0. The molecular weight excluding hydrogens is 238 g/mol. The van der Waals surface area contributed by atoms with Crippen LogP contribution < -0.4 is 5.32 Å². The second-order valence-corrected chi connectivity index (χ2v) is 6.57. The number of aromatic nitrogens is 2. The average Bonchev–Trinajstić information content (AvgIpc) is 2.53. The molecule has 0 amide bonds. The molecule has 1 heterocycles. The standard InChI is InChI=1S/C11H21N3O2S/c1-4-7-14-9-10(2)13-11(14)12-6-5-8-17(3,15)16/h9H,4-8H2,1-3H3,(H,12,13). The Morgan fingerprint density at radius 1 is 1.47 bits per heavy atom. The number of imidazole rings is 1. The first-order valence-corrected chi connectivity index (χ1v) is 7.94. The zero-order chi connectivity index (χ0) is 12.9. The molecule has 0 fully saturated rings. The van der Waals surface area contributed by atoms with Gasteiger partial charge in [-0.25, -0.2) is 13.4 Å². The molecule has 0 aliphatic heterocycles. The van der Waals surface area contributed by atoms with E-state index in [9.17, 15) is 8.42 Å². The summed E-state index contributed by atoms with van der Waals surface area (Å²) >= 11 is 0. The summed E-state index contributed by atoms with van der Waals surface area (Å²) in [7, 11) is -2.86. The fraction of sp³-hybridized carbons (Fsp3) is 0.727. The van der Waals surface area contributed by atoms with Gasteiger partial charge in [-0.1, -0.05) is 6.92 Å². The average molecular weight is 259 g/mol. The van der Waals surface area contributed by atoms with E-state index in [1.165, 1.54) is 6.26 Å². The minimum absolute atomic E-state index is 0.216. The Bertz CT molecular complexity index is 451. The van der Waals surface area contributed by atoms with Crippen LogP contribution >= 0.6 is 0 Å². The summed E-state index contributed by atoms with van der Waals surface area (Å²) in [4.78, 5) is 4.37. The van der Waals surface area contributed by atoms with Gasteiger partial charge >= 0.3 is 0 Å². The van der Waals surface area contributed by atoms with E-state index in [2.05, 4.69) is 21.8 Å². The number of anilines is 1. The van der Waals surface area contributed by atoms with Crippen LogP contribution in [0.1, 0.15) is 25.5 Å². The van der Waals surface area contributed by atoms with Crippen LogP contribution in [0, 0.1) is 6.92 Å². The minimum Gasteiger partial charge on any atom is -0.356 e. The molecule has 1 aromatic rings. The maximum absolute atomic E-state index is 11.0. The second kappa shape index (κ2) is 6.05. The molecule has 0 bridgehead atoms. The van der Waals surface area contributed by atoms with E-state index in [0.29, 0.717) is 13.0 Å². The maximum atomic E-state index is 11.0. The van der Waals surface area contributed by atoms with Crippen LogP contribution in [-0.2, 0) is 16.4 Å². The van der Waals surface area contributed by atoms with Gasteiger partial charge in [-0.3, -0.25) is 0 Å². The highest BCUT2D eigenvalue weighted by molar-refractivity contribution is 7.90. The van der Waals surface area contributed by atoms with Crippen molar-refractivity contribution in [2.75, 3.05) is 23.9 Å². The van der Waals surface area contributed by atoms with Gasteiger partial charge in [-0.05, 0) is 19.8 Å². The number of rotatable bonds is 7. The quantitative estimate of drug-likeness (QED) is 0.753. The number of nitrogens with zero attached hydrogens (tertiary/aromatic N) is 2. The maximum Gasteiger partial charge on any atom is 0.203 e. The van der Waals surface area contributed by atoms with Gasteiger partial charge in [0.15, 0.2) is 0 Å². The molecule has 0 unspecified atom stereocenters. The molecule has 0 radical (unpaired) electrons. The van der Waals surface area contributed by atoms with E-state index in [-0.39, 0.29) is 5.75 Å². The Morgan fingerprint density at radius 3 is 2.76 bits per heavy atom. The predicted molar refractivity (Wildman–Crippen MR) is 70.1 cm³/mol. The largest absolute Gasteiger partial charge is 0.356 e. The lowest BCUT2D eigenvalue weighted by Gasteiger charge is -2.08. The lowest BCUT2D eigenvalue weighted by Crippen LogP contribution is -2.12. The van der Waals surface area contributed by atoms with Crippen molar-refractivity contribution in [1.29, 1.82) is 0 Å². The topological polar surface area (TPSA) is 64.0 Å². The first-order chi connectivity index (χ1) is 7.92. The molecule has 0 aromatic carbocycles. The van der Waals surface area contributed by atoms with E-state index in [4.69, 9.17) is 0 Å². The zero-order valence-electron chi connectivity index (χ0n) is 10.7. The van der Waals surface area contributed by atoms with Crippen molar-refractivity contribution in [1.82, 2.24) is 9.55 Å². The molecule has 0 atom stereocenters. The lowest BCUT2D eigenvalue weighted by atomic mass is 10.4. The molecule has 5 nitrogen and oxygen atoms in total. The number of sulfone groups is 1. The van der Waals surface area contributed by atoms with Gasteiger partial charge in [0, 0.05) is 25.5 Å². The fourth-order valence-electron chi connectivity index (χ4n) is 1.63. The van der Waals surface area contributed by atoms with Crippen molar-refractivity contribution in [3.8, 4) is 0 Å². The normalized spacial score (nSPS) is 11.7. The molecule has 1 aromatic heterocycles. The van der Waals surface area contributed by atoms with Crippen molar-refractivity contribution in [3.05, 3.63) is 11.9 Å². The van der Waals surface area contributed by atoms with Crippen LogP contribution in [0.3, 0.4) is 0 Å². The van der Waals surface area contributed by atoms with Gasteiger partial charge in [0.25, 0.3) is 0 Å². The molecule has 0 spiro atoms. The summed E-state index contributed by atoms with van der Waals surface area (Å²) in [6, 6.07) is 0. The van der Waals surface area contributed by atoms with Gasteiger partial charge in [-0.2, -0.15) is 0 Å². The van der Waals surface area contributed by atoms with E-state index in [1.54, 1.807) is 0 Å². The summed E-state index contributed by atoms with van der Waals surface area (Å²) in [5.74, 6) is 1.05. The lowest BCUT2D eigenvalue weighted by molar-refractivity contribution is 0.599. The van der Waals surface area contributed by atoms with E-state index < -0.39 is 9.84 Å². The van der Waals surface area contributed by atoms with Crippen molar-refractivity contribution in [2.45, 2.75) is 33.2 Å². The summed E-state index contributed by atoms with van der Waals surface area (Å²) in [5, 5.41) is 3.18. The summed E-state index contributed by atoms with van der Waals surface area (Å²) in [6.07, 6.45) is 4.92. The van der Waals surface area contributed by atoms with Gasteiger partial charge < -0.3 is 9.88 Å². The third-order valence-corrected chi connectivity index (χ3v) is 3.37. The van der Waals surface area contributed by atoms with Gasteiger partial charge in [0.2, 0.25) is 5.95 Å². The van der Waals surface area contributed by atoms with Crippen LogP contribution in [0.25, 0.3) is 0 Å². The Kier molecular flexibility index (Phi) is 4.99. The molecule has 1 N–H and O–H groups in total. The molecular formula is C11H21N3O2S. The Balaban J connectivity index is 2.45. The van der Waals surface area contributed by atoms with Crippen molar-refractivity contribution in [3.63, 3.8) is 0 Å². The predicted octanol–water partition coefficient (Wildman–Crippen LogP) is 1.45. The SMILES string of the molecule is CCCn1cc(C)nc1NCCCS(C)(=O)=O. The van der Waals surface area contributed by atoms with Crippen molar-refractivity contribution in [2.24, 2.45) is 0 Å². The monoisotopic (exact) mass is 259 g/mol. The molecule has 0 saturated carbocycles. The van der Waals surface area contributed by atoms with Gasteiger partial charge in [-0.15, -0.1) is 0 Å². The van der Waals surface area contributed by atoms with E-state index in [0.717, 1.165) is 24.6 Å². The molecule has 98 valence electrons. The van der Waals surface area contributed by atoms with E-state index >= 15 is 0 Å². The first kappa shape index (κ1) is 14.0. The van der Waals surface area contributed by atoms with Crippen LogP contribution in [0.5, 0.6) is 0 Å². The highest BCUT2D eigenvalue weighted by atomic mass is 32.2. The molecule has 0 saturated heterocycles. The zero-order valence-corrected chi connectivity index (χ0v) is 11.5.